The highest BCUT2D eigenvalue weighted by atomic mass is 16.6. The van der Waals surface area contributed by atoms with Gasteiger partial charge in [0.2, 0.25) is 0 Å². The quantitative estimate of drug-likeness (QED) is 0.816. The van der Waals surface area contributed by atoms with Gasteiger partial charge < -0.3 is 14.4 Å². The third-order valence-corrected chi connectivity index (χ3v) is 5.25. The lowest BCUT2D eigenvalue weighted by Gasteiger charge is -2.44. The molecular weight excluding hydrogens is 318 g/mol. The summed E-state index contributed by atoms with van der Waals surface area (Å²) in [5.41, 5.74) is 2.35. The predicted octanol–water partition coefficient (Wildman–Crippen LogP) is 3.90. The zero-order valence-corrected chi connectivity index (χ0v) is 15.6. The minimum Gasteiger partial charge on any atom is -0.486 e. The van der Waals surface area contributed by atoms with E-state index < -0.39 is 5.60 Å². The molecule has 0 aromatic heterocycles. The number of amides is 1. The van der Waals surface area contributed by atoms with Crippen LogP contribution in [0.2, 0.25) is 0 Å². The summed E-state index contributed by atoms with van der Waals surface area (Å²) in [5, 5.41) is 0. The summed E-state index contributed by atoms with van der Waals surface area (Å²) in [6, 6.07) is 3.84. The van der Waals surface area contributed by atoms with Crippen molar-refractivity contribution >= 4 is 11.9 Å². The Labute approximate surface area is 149 Å². The van der Waals surface area contributed by atoms with Crippen LogP contribution >= 0.6 is 0 Å². The standard InChI is InChI=1S/C20H27NO4/c1-13(2)12-24-19(23)21-9-7-20(8-10-21)11-17(22)16-6-5-14(3)15(4)18(16)25-20/h5-6,13H,7-12H2,1-4H3. The molecule has 5 heteroatoms. The van der Waals surface area contributed by atoms with E-state index in [4.69, 9.17) is 9.47 Å². The van der Waals surface area contributed by atoms with Crippen molar-refractivity contribution in [3.8, 4) is 5.75 Å². The van der Waals surface area contributed by atoms with Crippen molar-refractivity contribution in [2.75, 3.05) is 19.7 Å². The monoisotopic (exact) mass is 345 g/mol. The van der Waals surface area contributed by atoms with E-state index >= 15 is 0 Å². The lowest BCUT2D eigenvalue weighted by molar-refractivity contribution is -0.0105. The van der Waals surface area contributed by atoms with E-state index in [1.165, 1.54) is 0 Å². The maximum atomic E-state index is 12.6. The number of ether oxygens (including phenoxy) is 2. The number of rotatable bonds is 2. The van der Waals surface area contributed by atoms with Gasteiger partial charge in [0, 0.05) is 25.9 Å². The number of nitrogens with zero attached hydrogens (tertiary/aromatic N) is 1. The summed E-state index contributed by atoms with van der Waals surface area (Å²) in [5.74, 6) is 1.19. The Morgan fingerprint density at radius 3 is 2.60 bits per heavy atom. The van der Waals surface area contributed by atoms with Crippen LogP contribution in [0.1, 0.15) is 54.6 Å². The van der Waals surface area contributed by atoms with Crippen molar-refractivity contribution < 1.29 is 19.1 Å². The summed E-state index contributed by atoms with van der Waals surface area (Å²) in [4.78, 5) is 26.5. The number of Topliss-reactive ketones (excluding diaryl/α,β-unsaturated/α-hetero) is 1. The van der Waals surface area contributed by atoms with Gasteiger partial charge in [-0.3, -0.25) is 4.79 Å². The van der Waals surface area contributed by atoms with Gasteiger partial charge in [0.1, 0.15) is 11.4 Å². The molecule has 1 fully saturated rings. The molecule has 0 aliphatic carbocycles. The van der Waals surface area contributed by atoms with E-state index in [0.717, 1.165) is 16.9 Å². The topological polar surface area (TPSA) is 55.8 Å². The van der Waals surface area contributed by atoms with Gasteiger partial charge in [0.25, 0.3) is 0 Å². The van der Waals surface area contributed by atoms with Gasteiger partial charge in [-0.1, -0.05) is 19.9 Å². The first-order valence-electron chi connectivity index (χ1n) is 9.05. The van der Waals surface area contributed by atoms with Crippen molar-refractivity contribution in [1.82, 2.24) is 4.90 Å². The molecule has 0 saturated carbocycles. The number of hydrogen-bond acceptors (Lipinski definition) is 4. The zero-order chi connectivity index (χ0) is 18.2. The van der Waals surface area contributed by atoms with Crippen LogP contribution < -0.4 is 4.74 Å². The highest BCUT2D eigenvalue weighted by Gasteiger charge is 2.44. The van der Waals surface area contributed by atoms with Crippen molar-refractivity contribution in [2.24, 2.45) is 5.92 Å². The molecule has 0 N–H and O–H groups in total. The van der Waals surface area contributed by atoms with E-state index in [9.17, 15) is 9.59 Å². The normalized spacial score (nSPS) is 18.9. The van der Waals surface area contributed by atoms with Crippen LogP contribution in [0.3, 0.4) is 0 Å². The van der Waals surface area contributed by atoms with Crippen LogP contribution in [0.25, 0.3) is 0 Å². The third kappa shape index (κ3) is 3.51. The van der Waals surface area contributed by atoms with Gasteiger partial charge in [-0.05, 0) is 37.0 Å². The Balaban J connectivity index is 1.70. The number of fused-ring (bicyclic) bond motifs is 1. The molecule has 3 rings (SSSR count). The molecule has 2 heterocycles. The summed E-state index contributed by atoms with van der Waals surface area (Å²) in [7, 11) is 0. The van der Waals surface area contributed by atoms with Crippen molar-refractivity contribution in [2.45, 2.75) is 52.6 Å². The van der Waals surface area contributed by atoms with Gasteiger partial charge in [-0.15, -0.1) is 0 Å². The molecule has 1 aromatic carbocycles. The lowest BCUT2D eigenvalue weighted by Crippen LogP contribution is -2.52. The first kappa shape index (κ1) is 17.8. The second kappa shape index (κ2) is 6.70. The molecule has 1 saturated heterocycles. The number of aryl methyl sites for hydroxylation is 1. The first-order valence-corrected chi connectivity index (χ1v) is 9.05. The molecular formula is C20H27NO4. The molecule has 25 heavy (non-hydrogen) atoms. The van der Waals surface area contributed by atoms with Crippen molar-refractivity contribution in [3.05, 3.63) is 28.8 Å². The minimum absolute atomic E-state index is 0.139. The van der Waals surface area contributed by atoms with E-state index in [2.05, 4.69) is 0 Å². The highest BCUT2D eigenvalue weighted by Crippen LogP contribution is 2.41. The fourth-order valence-corrected chi connectivity index (χ4v) is 3.49. The van der Waals surface area contributed by atoms with Crippen LogP contribution in [0.15, 0.2) is 12.1 Å². The maximum absolute atomic E-state index is 12.6. The van der Waals surface area contributed by atoms with Crippen LogP contribution in [0, 0.1) is 19.8 Å². The van der Waals surface area contributed by atoms with Crippen LogP contribution in [0.5, 0.6) is 5.75 Å². The second-order valence-corrected chi connectivity index (χ2v) is 7.73. The average molecular weight is 345 g/mol. The Morgan fingerprint density at radius 1 is 1.28 bits per heavy atom. The maximum Gasteiger partial charge on any atom is 0.409 e. The van der Waals surface area contributed by atoms with Crippen molar-refractivity contribution in [1.29, 1.82) is 0 Å². The molecule has 5 nitrogen and oxygen atoms in total. The van der Waals surface area contributed by atoms with Gasteiger partial charge in [0.05, 0.1) is 18.6 Å². The Bertz CT molecular complexity index is 687. The number of hydrogen-bond donors (Lipinski definition) is 0. The Hall–Kier alpha value is -2.04. The molecule has 1 amide bonds. The lowest BCUT2D eigenvalue weighted by atomic mass is 9.81. The average Bonchev–Trinajstić information content (AvgIpc) is 2.57. The second-order valence-electron chi connectivity index (χ2n) is 7.73. The molecule has 1 aromatic rings. The number of likely N-dealkylation sites (tertiary alicyclic amines) is 1. The predicted molar refractivity (Wildman–Crippen MR) is 95.2 cm³/mol. The molecule has 2 aliphatic heterocycles. The molecule has 0 bridgehead atoms. The number of carbonyl (C=O) groups excluding carboxylic acids is 2. The number of piperidine rings is 1. The Morgan fingerprint density at radius 2 is 1.96 bits per heavy atom. The van der Waals surface area contributed by atoms with E-state index in [0.29, 0.717) is 50.4 Å². The molecule has 0 atom stereocenters. The zero-order valence-electron chi connectivity index (χ0n) is 15.6. The number of ketones is 1. The van der Waals surface area contributed by atoms with Crippen molar-refractivity contribution in [3.63, 3.8) is 0 Å². The van der Waals surface area contributed by atoms with Crippen LogP contribution in [0.4, 0.5) is 4.79 Å². The van der Waals surface area contributed by atoms with Gasteiger partial charge in [-0.25, -0.2) is 4.79 Å². The fraction of sp³-hybridized carbons (Fsp3) is 0.600. The number of carbonyl (C=O) groups is 2. The van der Waals surface area contributed by atoms with Gasteiger partial charge >= 0.3 is 6.09 Å². The van der Waals surface area contributed by atoms with E-state index in [1.807, 2.05) is 39.8 Å². The summed E-state index contributed by atoms with van der Waals surface area (Å²) in [6.07, 6.45) is 1.43. The van der Waals surface area contributed by atoms with Gasteiger partial charge in [-0.2, -0.15) is 0 Å². The highest BCUT2D eigenvalue weighted by molar-refractivity contribution is 6.01. The molecule has 1 spiro atoms. The SMILES string of the molecule is Cc1ccc2c(c1C)OC1(CCN(C(=O)OCC(C)C)CC1)CC2=O. The van der Waals surface area contributed by atoms with E-state index in [-0.39, 0.29) is 11.9 Å². The van der Waals surface area contributed by atoms with Gasteiger partial charge in [0.15, 0.2) is 5.78 Å². The smallest absolute Gasteiger partial charge is 0.409 e. The molecule has 136 valence electrons. The molecule has 2 aliphatic rings. The summed E-state index contributed by atoms with van der Waals surface area (Å²) >= 11 is 0. The number of benzene rings is 1. The molecule has 0 radical (unpaired) electrons. The fourth-order valence-electron chi connectivity index (χ4n) is 3.49. The largest absolute Gasteiger partial charge is 0.486 e. The molecule has 0 unspecified atom stereocenters. The van der Waals surface area contributed by atoms with Crippen LogP contribution in [-0.4, -0.2) is 42.1 Å². The minimum atomic E-state index is -0.489. The van der Waals surface area contributed by atoms with Crippen LogP contribution in [-0.2, 0) is 4.74 Å². The Kier molecular flexibility index (Phi) is 4.76. The summed E-state index contributed by atoms with van der Waals surface area (Å²) < 4.78 is 11.7. The first-order chi connectivity index (χ1) is 11.8. The van der Waals surface area contributed by atoms with E-state index in [1.54, 1.807) is 4.90 Å². The summed E-state index contributed by atoms with van der Waals surface area (Å²) in [6.45, 7) is 9.61. The third-order valence-electron chi connectivity index (χ3n) is 5.25.